The zero-order valence-electron chi connectivity index (χ0n) is 9.61. The van der Waals surface area contributed by atoms with Crippen molar-refractivity contribution in [2.24, 2.45) is 5.73 Å². The van der Waals surface area contributed by atoms with Gasteiger partial charge in [-0.2, -0.15) is 0 Å². The number of carbonyl (C=O) groups excluding carboxylic acids is 2. The first-order chi connectivity index (χ1) is 8.50. The number of nitrogens with one attached hydrogen (secondary N) is 1. The number of carbonyl (C=O) groups is 2. The van der Waals surface area contributed by atoms with Gasteiger partial charge < -0.3 is 10.5 Å². The van der Waals surface area contributed by atoms with Crippen LogP contribution in [-0.4, -0.2) is 30.6 Å². The SMILES string of the molecule is NC1(CC(=O)NC(=O)c2ccccc2Br)COC1. The van der Waals surface area contributed by atoms with Gasteiger partial charge in [0.15, 0.2) is 0 Å². The quantitative estimate of drug-likeness (QED) is 0.866. The van der Waals surface area contributed by atoms with Gasteiger partial charge >= 0.3 is 0 Å². The highest BCUT2D eigenvalue weighted by atomic mass is 79.9. The van der Waals surface area contributed by atoms with Crippen molar-refractivity contribution < 1.29 is 14.3 Å². The molecule has 1 aromatic rings. The molecule has 1 saturated heterocycles. The summed E-state index contributed by atoms with van der Waals surface area (Å²) in [5.74, 6) is -0.821. The van der Waals surface area contributed by atoms with Gasteiger partial charge in [0.1, 0.15) is 0 Å². The Kier molecular flexibility index (Phi) is 3.79. The lowest BCUT2D eigenvalue weighted by Gasteiger charge is -2.36. The lowest BCUT2D eigenvalue weighted by Crippen LogP contribution is -2.59. The van der Waals surface area contributed by atoms with Gasteiger partial charge in [-0.15, -0.1) is 0 Å². The van der Waals surface area contributed by atoms with E-state index in [2.05, 4.69) is 21.2 Å². The fourth-order valence-corrected chi connectivity index (χ4v) is 2.13. The van der Waals surface area contributed by atoms with E-state index >= 15 is 0 Å². The van der Waals surface area contributed by atoms with Crippen molar-refractivity contribution in [3.8, 4) is 0 Å². The molecule has 1 heterocycles. The molecule has 0 aromatic heterocycles. The van der Waals surface area contributed by atoms with Crippen molar-refractivity contribution in [3.05, 3.63) is 34.3 Å². The van der Waals surface area contributed by atoms with E-state index in [0.29, 0.717) is 23.2 Å². The third kappa shape index (κ3) is 2.95. The Hall–Kier alpha value is -1.24. The second-order valence-electron chi connectivity index (χ2n) is 4.39. The topological polar surface area (TPSA) is 81.4 Å². The van der Waals surface area contributed by atoms with Crippen molar-refractivity contribution in [3.63, 3.8) is 0 Å². The Morgan fingerprint density at radius 2 is 2.06 bits per heavy atom. The average Bonchev–Trinajstić information content (AvgIpc) is 2.27. The van der Waals surface area contributed by atoms with Crippen LogP contribution in [0.5, 0.6) is 0 Å². The van der Waals surface area contributed by atoms with Crippen LogP contribution < -0.4 is 11.1 Å². The summed E-state index contributed by atoms with van der Waals surface area (Å²) in [6.45, 7) is 0.702. The van der Waals surface area contributed by atoms with Gasteiger partial charge in [-0.3, -0.25) is 14.9 Å². The number of ether oxygens (including phenoxy) is 1. The Morgan fingerprint density at radius 3 is 2.61 bits per heavy atom. The summed E-state index contributed by atoms with van der Waals surface area (Å²) >= 11 is 3.26. The smallest absolute Gasteiger partial charge is 0.258 e. The molecular formula is C12H13BrN2O3. The summed E-state index contributed by atoms with van der Waals surface area (Å²) in [5.41, 5.74) is 5.63. The molecule has 18 heavy (non-hydrogen) atoms. The highest BCUT2D eigenvalue weighted by molar-refractivity contribution is 9.10. The monoisotopic (exact) mass is 312 g/mol. The number of hydrogen-bond donors (Lipinski definition) is 2. The molecule has 0 unspecified atom stereocenters. The number of nitrogens with two attached hydrogens (primary N) is 1. The minimum atomic E-state index is -0.627. The van der Waals surface area contributed by atoms with E-state index in [1.807, 2.05) is 0 Å². The van der Waals surface area contributed by atoms with Crippen LogP contribution in [0, 0.1) is 0 Å². The van der Waals surface area contributed by atoms with Crippen LogP contribution in [0.2, 0.25) is 0 Å². The minimum Gasteiger partial charge on any atom is -0.377 e. The molecule has 2 rings (SSSR count). The van der Waals surface area contributed by atoms with Gasteiger partial charge in [0, 0.05) is 10.9 Å². The minimum absolute atomic E-state index is 0.0865. The summed E-state index contributed by atoms with van der Waals surface area (Å²) in [5, 5.41) is 2.32. The molecule has 0 aliphatic carbocycles. The van der Waals surface area contributed by atoms with Crippen LogP contribution >= 0.6 is 15.9 Å². The van der Waals surface area contributed by atoms with Gasteiger partial charge in [-0.1, -0.05) is 12.1 Å². The van der Waals surface area contributed by atoms with E-state index in [9.17, 15) is 9.59 Å². The van der Waals surface area contributed by atoms with E-state index in [-0.39, 0.29) is 12.3 Å². The van der Waals surface area contributed by atoms with Crippen LogP contribution in [0.1, 0.15) is 16.8 Å². The second kappa shape index (κ2) is 5.17. The highest BCUT2D eigenvalue weighted by Crippen LogP contribution is 2.18. The maximum absolute atomic E-state index is 11.8. The molecule has 0 atom stereocenters. The molecule has 1 aromatic carbocycles. The second-order valence-corrected chi connectivity index (χ2v) is 5.24. The third-order valence-electron chi connectivity index (χ3n) is 2.66. The zero-order valence-corrected chi connectivity index (χ0v) is 11.2. The molecule has 0 bridgehead atoms. The molecule has 96 valence electrons. The fourth-order valence-electron chi connectivity index (χ4n) is 1.67. The lowest BCUT2D eigenvalue weighted by atomic mass is 9.94. The summed E-state index contributed by atoms with van der Waals surface area (Å²) in [6, 6.07) is 6.90. The number of hydrogen-bond acceptors (Lipinski definition) is 4. The van der Waals surface area contributed by atoms with E-state index in [1.54, 1.807) is 24.3 Å². The maximum atomic E-state index is 11.8. The van der Waals surface area contributed by atoms with Crippen molar-refractivity contribution in [2.45, 2.75) is 12.0 Å². The standard InChI is InChI=1S/C12H13BrN2O3/c13-9-4-2-1-3-8(9)11(17)15-10(16)5-12(14)6-18-7-12/h1-4H,5-7,14H2,(H,15,16,17). The predicted molar refractivity (Wildman–Crippen MR) is 69.0 cm³/mol. The molecule has 0 spiro atoms. The first kappa shape index (κ1) is 13.2. The highest BCUT2D eigenvalue weighted by Gasteiger charge is 2.36. The van der Waals surface area contributed by atoms with E-state index in [0.717, 1.165) is 0 Å². The van der Waals surface area contributed by atoms with Crippen LogP contribution in [0.3, 0.4) is 0 Å². The molecule has 1 aliphatic heterocycles. The molecule has 0 radical (unpaired) electrons. The number of imide groups is 1. The fraction of sp³-hybridized carbons (Fsp3) is 0.333. The summed E-state index contributed by atoms with van der Waals surface area (Å²) in [4.78, 5) is 23.5. The normalized spacial score (nSPS) is 16.8. The van der Waals surface area contributed by atoms with Gasteiger partial charge in [0.05, 0.1) is 24.3 Å². The summed E-state index contributed by atoms with van der Waals surface area (Å²) in [6.07, 6.45) is 0.0865. The van der Waals surface area contributed by atoms with Crippen LogP contribution in [0.15, 0.2) is 28.7 Å². The van der Waals surface area contributed by atoms with Crippen LogP contribution in [-0.2, 0) is 9.53 Å². The van der Waals surface area contributed by atoms with E-state index in [1.165, 1.54) is 0 Å². The van der Waals surface area contributed by atoms with Gasteiger partial charge in [0.2, 0.25) is 5.91 Å². The van der Waals surface area contributed by atoms with Crippen molar-refractivity contribution in [1.82, 2.24) is 5.32 Å². The van der Waals surface area contributed by atoms with Gasteiger partial charge in [-0.05, 0) is 28.1 Å². The Bertz CT molecular complexity index is 486. The maximum Gasteiger partial charge on any atom is 0.258 e. The van der Waals surface area contributed by atoms with Gasteiger partial charge in [-0.25, -0.2) is 0 Å². The van der Waals surface area contributed by atoms with E-state index in [4.69, 9.17) is 10.5 Å². The first-order valence-corrected chi connectivity index (χ1v) is 6.25. The molecule has 0 saturated carbocycles. The molecular weight excluding hydrogens is 300 g/mol. The van der Waals surface area contributed by atoms with E-state index < -0.39 is 11.4 Å². The molecule has 6 heteroatoms. The van der Waals surface area contributed by atoms with Gasteiger partial charge in [0.25, 0.3) is 5.91 Å². The molecule has 1 aliphatic rings. The predicted octanol–water partition coefficient (Wildman–Crippen LogP) is 0.823. The summed E-state index contributed by atoms with van der Waals surface area (Å²) in [7, 11) is 0. The Balaban J connectivity index is 1.95. The number of benzene rings is 1. The average molecular weight is 313 g/mol. The van der Waals surface area contributed by atoms with Crippen molar-refractivity contribution in [2.75, 3.05) is 13.2 Å². The molecule has 1 fully saturated rings. The number of halogens is 1. The zero-order chi connectivity index (χ0) is 13.2. The third-order valence-corrected chi connectivity index (χ3v) is 3.35. The first-order valence-electron chi connectivity index (χ1n) is 5.45. The lowest BCUT2D eigenvalue weighted by molar-refractivity contribution is -0.127. The van der Waals surface area contributed by atoms with Crippen LogP contribution in [0.25, 0.3) is 0 Å². The largest absolute Gasteiger partial charge is 0.377 e. The molecule has 5 nitrogen and oxygen atoms in total. The van der Waals surface area contributed by atoms with Crippen molar-refractivity contribution >= 4 is 27.7 Å². The summed E-state index contributed by atoms with van der Waals surface area (Å²) < 4.78 is 5.59. The Morgan fingerprint density at radius 1 is 1.39 bits per heavy atom. The van der Waals surface area contributed by atoms with Crippen molar-refractivity contribution in [1.29, 1.82) is 0 Å². The van der Waals surface area contributed by atoms with Crippen LogP contribution in [0.4, 0.5) is 0 Å². The number of rotatable bonds is 3. The molecule has 3 N–H and O–H groups in total. The number of amides is 2. The molecule has 2 amide bonds. The Labute approximate surface area is 113 Å².